The van der Waals surface area contributed by atoms with Crippen LogP contribution in [0.4, 0.5) is 17.1 Å². The van der Waals surface area contributed by atoms with Gasteiger partial charge in [-0.3, -0.25) is 24.8 Å². The second-order valence-electron chi connectivity index (χ2n) is 8.21. The summed E-state index contributed by atoms with van der Waals surface area (Å²) < 4.78 is 0. The molecule has 8 nitrogen and oxygen atoms in total. The number of nitrogens with one attached hydrogen (secondary N) is 2. The van der Waals surface area contributed by atoms with Crippen LogP contribution in [0.1, 0.15) is 29.7 Å². The highest BCUT2D eigenvalue weighted by Gasteiger charge is 2.30. The second-order valence-corrected chi connectivity index (χ2v) is 8.21. The van der Waals surface area contributed by atoms with Gasteiger partial charge in [0.15, 0.2) is 0 Å². The smallest absolute Gasteiger partial charge is 0.271 e. The Hall–Kier alpha value is -4.04. The van der Waals surface area contributed by atoms with Crippen molar-refractivity contribution in [3.63, 3.8) is 0 Å². The minimum absolute atomic E-state index is 0.0729. The monoisotopic (exact) mass is 441 g/mol. The van der Waals surface area contributed by atoms with Gasteiger partial charge in [0.2, 0.25) is 0 Å². The number of carbonyl (C=O) groups excluding carboxylic acids is 1. The van der Waals surface area contributed by atoms with E-state index in [0.717, 1.165) is 25.3 Å². The van der Waals surface area contributed by atoms with E-state index in [9.17, 15) is 14.9 Å². The molecule has 0 bridgehead atoms. The van der Waals surface area contributed by atoms with Gasteiger partial charge in [-0.25, -0.2) is 0 Å². The number of carbonyl (C=O) groups is 1. The third-order valence-electron chi connectivity index (χ3n) is 5.96. The van der Waals surface area contributed by atoms with Crippen molar-refractivity contribution in [3.05, 3.63) is 93.8 Å². The number of anilines is 2. The Bertz CT molecular complexity index is 1230. The number of nitro benzene ring substituents is 1. The summed E-state index contributed by atoms with van der Waals surface area (Å²) in [5.74, 6) is -0.329. The number of pyridine rings is 1. The number of hydrogen-bond acceptors (Lipinski definition) is 6. The molecule has 1 amide bonds. The number of non-ortho nitro benzene ring substituents is 1. The van der Waals surface area contributed by atoms with Crippen LogP contribution in [-0.2, 0) is 11.3 Å². The standard InChI is InChI=1S/C25H23N5O3/c31-25-23(20-11-10-19(30(32)33)15-22(20)28-25)24(21-5-1-2-12-26-21)27-18-8-6-17(7-9-18)16-29-13-3-4-14-29/h1-2,5-12,15,27H,3-4,13-14,16H2,(H,28,31)/b24-23-. The number of aromatic nitrogens is 1. The average molecular weight is 441 g/mol. The summed E-state index contributed by atoms with van der Waals surface area (Å²) >= 11 is 0. The molecule has 33 heavy (non-hydrogen) atoms. The molecular formula is C25H23N5O3. The topological polar surface area (TPSA) is 100 Å². The molecule has 2 aliphatic heterocycles. The molecule has 1 aromatic heterocycles. The number of nitro groups is 1. The third kappa shape index (κ3) is 4.33. The van der Waals surface area contributed by atoms with E-state index in [1.54, 1.807) is 12.3 Å². The number of nitrogens with zero attached hydrogens (tertiary/aromatic N) is 3. The Morgan fingerprint density at radius 1 is 1.09 bits per heavy atom. The molecule has 166 valence electrons. The highest BCUT2D eigenvalue weighted by Crippen LogP contribution is 2.38. The zero-order valence-corrected chi connectivity index (χ0v) is 18.0. The Balaban J connectivity index is 1.51. The number of likely N-dealkylation sites (tertiary alicyclic amines) is 1. The lowest BCUT2D eigenvalue weighted by atomic mass is 10.0. The van der Waals surface area contributed by atoms with Crippen LogP contribution in [0, 0.1) is 10.1 Å². The highest BCUT2D eigenvalue weighted by atomic mass is 16.6. The lowest BCUT2D eigenvalue weighted by Crippen LogP contribution is -2.18. The van der Waals surface area contributed by atoms with Crippen LogP contribution in [0.15, 0.2) is 66.9 Å². The maximum atomic E-state index is 13.0. The van der Waals surface area contributed by atoms with Gasteiger partial charge in [0.1, 0.15) is 0 Å². The van der Waals surface area contributed by atoms with Gasteiger partial charge >= 0.3 is 0 Å². The van der Waals surface area contributed by atoms with Gasteiger partial charge in [-0.15, -0.1) is 0 Å². The van der Waals surface area contributed by atoms with Gasteiger partial charge in [0.25, 0.3) is 11.6 Å². The maximum absolute atomic E-state index is 13.0. The largest absolute Gasteiger partial charge is 0.353 e. The van der Waals surface area contributed by atoms with E-state index in [4.69, 9.17) is 0 Å². The summed E-state index contributed by atoms with van der Waals surface area (Å²) in [5, 5.41) is 17.3. The van der Waals surface area contributed by atoms with Crippen LogP contribution in [0.3, 0.4) is 0 Å². The van der Waals surface area contributed by atoms with Gasteiger partial charge < -0.3 is 10.6 Å². The van der Waals surface area contributed by atoms with Crippen LogP contribution in [0.25, 0.3) is 11.3 Å². The van der Waals surface area contributed by atoms with Crippen molar-refractivity contribution >= 4 is 34.2 Å². The predicted octanol–water partition coefficient (Wildman–Crippen LogP) is 4.52. The molecule has 3 heterocycles. The summed E-state index contributed by atoms with van der Waals surface area (Å²) in [4.78, 5) is 30.5. The number of amides is 1. The van der Waals surface area contributed by atoms with E-state index in [1.165, 1.54) is 30.5 Å². The molecule has 1 saturated heterocycles. The fourth-order valence-electron chi connectivity index (χ4n) is 4.32. The maximum Gasteiger partial charge on any atom is 0.271 e. The molecule has 2 aliphatic rings. The zero-order chi connectivity index (χ0) is 22.8. The minimum atomic E-state index is -0.476. The van der Waals surface area contributed by atoms with Gasteiger partial charge in [-0.1, -0.05) is 18.2 Å². The van der Waals surface area contributed by atoms with E-state index in [1.807, 2.05) is 30.3 Å². The van der Waals surface area contributed by atoms with Gasteiger partial charge in [0.05, 0.1) is 27.6 Å². The van der Waals surface area contributed by atoms with Gasteiger partial charge in [-0.05, 0) is 61.8 Å². The highest BCUT2D eigenvalue weighted by molar-refractivity contribution is 6.37. The summed E-state index contributed by atoms with van der Waals surface area (Å²) in [5.41, 5.74) is 4.58. The second kappa shape index (κ2) is 8.84. The molecule has 3 aromatic rings. The molecule has 0 unspecified atom stereocenters. The van der Waals surface area contributed by atoms with Crippen LogP contribution < -0.4 is 10.6 Å². The van der Waals surface area contributed by atoms with Crippen molar-refractivity contribution in [2.24, 2.45) is 0 Å². The number of hydrogen-bond donors (Lipinski definition) is 2. The molecule has 0 atom stereocenters. The molecular weight excluding hydrogens is 418 g/mol. The molecule has 5 rings (SSSR count). The Morgan fingerprint density at radius 2 is 1.88 bits per heavy atom. The van der Waals surface area contributed by atoms with E-state index in [0.29, 0.717) is 28.2 Å². The predicted molar refractivity (Wildman–Crippen MR) is 127 cm³/mol. The van der Waals surface area contributed by atoms with Crippen molar-refractivity contribution < 1.29 is 9.72 Å². The normalized spacial score (nSPS) is 16.9. The lowest BCUT2D eigenvalue weighted by Gasteiger charge is -2.16. The van der Waals surface area contributed by atoms with Gasteiger partial charge in [-0.2, -0.15) is 0 Å². The van der Waals surface area contributed by atoms with E-state index in [2.05, 4.69) is 32.7 Å². The van der Waals surface area contributed by atoms with Gasteiger partial charge in [0, 0.05) is 36.1 Å². The summed E-state index contributed by atoms with van der Waals surface area (Å²) in [7, 11) is 0. The van der Waals surface area contributed by atoms with Crippen molar-refractivity contribution in [2.75, 3.05) is 23.7 Å². The first kappa shape index (κ1) is 20.8. The van der Waals surface area contributed by atoms with Crippen molar-refractivity contribution in [1.82, 2.24) is 9.88 Å². The summed E-state index contributed by atoms with van der Waals surface area (Å²) in [6.07, 6.45) is 4.18. The fourth-order valence-corrected chi connectivity index (χ4v) is 4.32. The first-order valence-corrected chi connectivity index (χ1v) is 10.9. The molecule has 0 saturated carbocycles. The van der Waals surface area contributed by atoms with E-state index in [-0.39, 0.29) is 11.6 Å². The van der Waals surface area contributed by atoms with Crippen LogP contribution in [0.5, 0.6) is 0 Å². The molecule has 2 N–H and O–H groups in total. The summed E-state index contributed by atoms with van der Waals surface area (Å²) in [6, 6.07) is 18.1. The molecule has 0 aliphatic carbocycles. The first-order chi connectivity index (χ1) is 16.1. The number of fused-ring (bicyclic) bond motifs is 1. The van der Waals surface area contributed by atoms with E-state index < -0.39 is 4.92 Å². The average Bonchev–Trinajstić information content (AvgIpc) is 3.45. The Kier molecular flexibility index (Phi) is 5.58. The lowest BCUT2D eigenvalue weighted by molar-refractivity contribution is -0.384. The van der Waals surface area contributed by atoms with Crippen LogP contribution in [-0.4, -0.2) is 33.8 Å². The van der Waals surface area contributed by atoms with E-state index >= 15 is 0 Å². The quantitative estimate of drug-likeness (QED) is 0.331. The molecule has 0 spiro atoms. The third-order valence-corrected chi connectivity index (χ3v) is 5.96. The van der Waals surface area contributed by atoms with Crippen molar-refractivity contribution in [1.29, 1.82) is 0 Å². The zero-order valence-electron chi connectivity index (χ0n) is 18.0. The van der Waals surface area contributed by atoms with Crippen LogP contribution in [0.2, 0.25) is 0 Å². The first-order valence-electron chi connectivity index (χ1n) is 10.9. The number of rotatable bonds is 6. The van der Waals surface area contributed by atoms with Crippen molar-refractivity contribution in [2.45, 2.75) is 19.4 Å². The Morgan fingerprint density at radius 3 is 2.58 bits per heavy atom. The fraction of sp³-hybridized carbons (Fsp3) is 0.200. The molecule has 8 heteroatoms. The molecule has 1 fully saturated rings. The minimum Gasteiger partial charge on any atom is -0.353 e. The molecule has 2 aromatic carbocycles. The SMILES string of the molecule is O=C1Nc2cc([N+](=O)[O-])ccc2/C1=C(/Nc1ccc(CN2CCCC2)cc1)c1ccccn1. The number of benzene rings is 2. The summed E-state index contributed by atoms with van der Waals surface area (Å²) in [6.45, 7) is 3.22. The Labute approximate surface area is 191 Å². The van der Waals surface area contributed by atoms with Crippen molar-refractivity contribution in [3.8, 4) is 0 Å². The van der Waals surface area contributed by atoms with Crippen LogP contribution >= 0.6 is 0 Å². The molecule has 0 radical (unpaired) electrons.